The third-order valence-electron chi connectivity index (χ3n) is 5.51. The molecule has 0 radical (unpaired) electrons. The number of fused-ring (bicyclic) bond motifs is 2. The lowest BCUT2D eigenvalue weighted by Crippen LogP contribution is -2.38. The van der Waals surface area contributed by atoms with Gasteiger partial charge in [-0.15, -0.1) is 0 Å². The first kappa shape index (κ1) is 13.4. The average molecular weight is 252 g/mol. The molecule has 3 nitrogen and oxygen atoms in total. The normalized spacial score (nSPS) is 36.4. The Morgan fingerprint density at radius 2 is 2.06 bits per heavy atom. The lowest BCUT2D eigenvalue weighted by atomic mass is 9.70. The fourth-order valence-electron chi connectivity index (χ4n) is 3.74. The van der Waals surface area contributed by atoms with E-state index in [-0.39, 0.29) is 22.7 Å². The van der Waals surface area contributed by atoms with Crippen LogP contribution < -0.4 is 0 Å². The lowest BCUT2D eigenvalue weighted by Gasteiger charge is -2.38. The van der Waals surface area contributed by atoms with Crippen molar-refractivity contribution in [2.45, 2.75) is 53.1 Å². The first-order chi connectivity index (χ1) is 8.33. The molecule has 0 amide bonds. The molecule has 0 heterocycles. The quantitative estimate of drug-likeness (QED) is 0.437. The van der Waals surface area contributed by atoms with Gasteiger partial charge in [0.25, 0.3) is 0 Å². The van der Waals surface area contributed by atoms with Crippen molar-refractivity contribution in [1.29, 1.82) is 0 Å². The number of rotatable bonds is 4. The van der Waals surface area contributed by atoms with E-state index >= 15 is 0 Å². The molecule has 0 aliphatic heterocycles. The Kier molecular flexibility index (Phi) is 3.20. The summed E-state index contributed by atoms with van der Waals surface area (Å²) in [5, 5.41) is 0. The Morgan fingerprint density at radius 1 is 1.39 bits per heavy atom. The van der Waals surface area contributed by atoms with Gasteiger partial charge in [0.15, 0.2) is 5.76 Å². The fraction of sp³-hybridized carbons (Fsp3) is 0.800. The van der Waals surface area contributed by atoms with Crippen molar-refractivity contribution in [3.05, 3.63) is 12.3 Å². The Balaban J connectivity index is 2.05. The van der Waals surface area contributed by atoms with Crippen LogP contribution in [0.15, 0.2) is 12.3 Å². The van der Waals surface area contributed by atoms with Crippen LogP contribution in [0, 0.1) is 16.7 Å². The molecule has 2 saturated carbocycles. The predicted molar refractivity (Wildman–Crippen MR) is 69.9 cm³/mol. The van der Waals surface area contributed by atoms with E-state index < -0.39 is 5.97 Å². The van der Waals surface area contributed by atoms with E-state index in [1.165, 1.54) is 6.42 Å². The van der Waals surface area contributed by atoms with Crippen LogP contribution in [0.2, 0.25) is 0 Å². The molecule has 2 rings (SSSR count). The summed E-state index contributed by atoms with van der Waals surface area (Å²) < 4.78 is 10.7. The van der Waals surface area contributed by atoms with Crippen LogP contribution in [0.5, 0.6) is 0 Å². The van der Waals surface area contributed by atoms with E-state index in [0.717, 1.165) is 12.8 Å². The lowest BCUT2D eigenvalue weighted by molar-refractivity contribution is -0.156. The summed E-state index contributed by atoms with van der Waals surface area (Å²) >= 11 is 0. The van der Waals surface area contributed by atoms with Crippen LogP contribution in [0.25, 0.3) is 0 Å². The van der Waals surface area contributed by atoms with Gasteiger partial charge in [0, 0.05) is 5.41 Å². The fourth-order valence-corrected chi connectivity index (χ4v) is 3.74. The van der Waals surface area contributed by atoms with Crippen LogP contribution >= 0.6 is 0 Å². The monoisotopic (exact) mass is 252 g/mol. The summed E-state index contributed by atoms with van der Waals surface area (Å²) in [6.07, 6.45) is 3.39. The number of hydrogen-bond donors (Lipinski definition) is 0. The molecule has 0 aromatic rings. The van der Waals surface area contributed by atoms with E-state index in [9.17, 15) is 4.79 Å². The summed E-state index contributed by atoms with van der Waals surface area (Å²) in [4.78, 5) is 11.9. The minimum atomic E-state index is -0.397. The molecule has 2 bridgehead atoms. The van der Waals surface area contributed by atoms with Crippen molar-refractivity contribution in [1.82, 2.24) is 0 Å². The molecule has 18 heavy (non-hydrogen) atoms. The molecule has 3 unspecified atom stereocenters. The molecule has 0 spiro atoms. The van der Waals surface area contributed by atoms with Gasteiger partial charge in [-0.3, -0.25) is 0 Å². The highest BCUT2D eigenvalue weighted by atomic mass is 16.6. The largest absolute Gasteiger partial charge is 0.487 e. The highest BCUT2D eigenvalue weighted by Crippen LogP contribution is 2.66. The van der Waals surface area contributed by atoms with Crippen molar-refractivity contribution in [2.24, 2.45) is 16.7 Å². The molecule has 0 aromatic carbocycles. The zero-order valence-electron chi connectivity index (χ0n) is 11.9. The summed E-state index contributed by atoms with van der Waals surface area (Å²) in [6.45, 7) is 12.7. The van der Waals surface area contributed by atoms with Crippen molar-refractivity contribution >= 4 is 5.97 Å². The van der Waals surface area contributed by atoms with Gasteiger partial charge in [-0.25, -0.2) is 4.79 Å². The minimum absolute atomic E-state index is 0.0101. The van der Waals surface area contributed by atoms with E-state index in [0.29, 0.717) is 12.5 Å². The second-order valence-electron chi connectivity index (χ2n) is 6.36. The van der Waals surface area contributed by atoms with Gasteiger partial charge in [0.05, 0.1) is 6.61 Å². The van der Waals surface area contributed by atoms with Crippen LogP contribution in [0.3, 0.4) is 0 Å². The maximum atomic E-state index is 11.9. The molecule has 2 fully saturated rings. The van der Waals surface area contributed by atoms with E-state index in [1.54, 1.807) is 0 Å². The van der Waals surface area contributed by atoms with Crippen LogP contribution in [-0.2, 0) is 14.3 Å². The van der Waals surface area contributed by atoms with Crippen LogP contribution in [0.4, 0.5) is 0 Å². The molecule has 2 aliphatic carbocycles. The maximum Gasteiger partial charge on any atom is 0.373 e. The molecule has 3 atom stereocenters. The average Bonchev–Trinajstić information content (AvgIpc) is 2.62. The Morgan fingerprint density at radius 3 is 2.50 bits per heavy atom. The number of ether oxygens (including phenoxy) is 2. The van der Waals surface area contributed by atoms with Crippen molar-refractivity contribution < 1.29 is 14.3 Å². The van der Waals surface area contributed by atoms with Gasteiger partial charge < -0.3 is 9.47 Å². The SMILES string of the molecule is C=C(OCC)C(=O)OC1CC2CCC1(C)C2(C)C. The van der Waals surface area contributed by atoms with E-state index in [2.05, 4.69) is 27.4 Å². The highest BCUT2D eigenvalue weighted by molar-refractivity contribution is 5.85. The van der Waals surface area contributed by atoms with Gasteiger partial charge in [0.1, 0.15) is 6.10 Å². The van der Waals surface area contributed by atoms with E-state index in [1.807, 2.05) is 6.92 Å². The van der Waals surface area contributed by atoms with E-state index in [4.69, 9.17) is 9.47 Å². The smallest absolute Gasteiger partial charge is 0.373 e. The standard InChI is InChI=1S/C15H24O3/c1-6-17-10(2)13(16)18-12-9-11-7-8-15(12,5)14(11,3)4/h11-12H,2,6-9H2,1,3-5H3. The molecule has 0 saturated heterocycles. The zero-order chi connectivity index (χ0) is 13.6. The summed E-state index contributed by atoms with van der Waals surface area (Å²) in [6, 6.07) is 0. The second kappa shape index (κ2) is 4.29. The Bertz CT molecular complexity index is 372. The molecule has 0 N–H and O–H groups in total. The molecule has 2 aliphatic rings. The van der Waals surface area contributed by atoms with Gasteiger partial charge in [-0.05, 0) is 44.1 Å². The van der Waals surface area contributed by atoms with Gasteiger partial charge in [-0.1, -0.05) is 20.8 Å². The van der Waals surface area contributed by atoms with Crippen molar-refractivity contribution in [3.63, 3.8) is 0 Å². The molecule has 0 aromatic heterocycles. The van der Waals surface area contributed by atoms with Gasteiger partial charge in [0.2, 0.25) is 0 Å². The van der Waals surface area contributed by atoms with Gasteiger partial charge in [-0.2, -0.15) is 0 Å². The number of carbonyl (C=O) groups excluding carboxylic acids is 1. The third-order valence-corrected chi connectivity index (χ3v) is 5.51. The first-order valence-electron chi connectivity index (χ1n) is 6.85. The predicted octanol–water partition coefficient (Wildman–Crippen LogP) is 3.29. The maximum absolute atomic E-state index is 11.9. The minimum Gasteiger partial charge on any atom is -0.487 e. The summed E-state index contributed by atoms with van der Waals surface area (Å²) in [7, 11) is 0. The first-order valence-corrected chi connectivity index (χ1v) is 6.85. The Hall–Kier alpha value is -0.990. The van der Waals surface area contributed by atoms with Crippen molar-refractivity contribution in [2.75, 3.05) is 6.61 Å². The third kappa shape index (κ3) is 1.75. The van der Waals surface area contributed by atoms with Crippen LogP contribution in [-0.4, -0.2) is 18.7 Å². The summed E-state index contributed by atoms with van der Waals surface area (Å²) in [5.41, 5.74) is 0.352. The highest BCUT2D eigenvalue weighted by Gasteiger charge is 2.62. The number of esters is 1. The second-order valence-corrected chi connectivity index (χ2v) is 6.36. The molecular weight excluding hydrogens is 228 g/mol. The topological polar surface area (TPSA) is 35.5 Å². The van der Waals surface area contributed by atoms with Crippen LogP contribution in [0.1, 0.15) is 47.0 Å². The van der Waals surface area contributed by atoms with Gasteiger partial charge >= 0.3 is 5.97 Å². The zero-order valence-corrected chi connectivity index (χ0v) is 11.9. The molecular formula is C15H24O3. The number of hydrogen-bond acceptors (Lipinski definition) is 3. The molecule has 3 heteroatoms. The van der Waals surface area contributed by atoms with Crippen molar-refractivity contribution in [3.8, 4) is 0 Å². The molecule has 102 valence electrons. The Labute approximate surface area is 110 Å². The summed E-state index contributed by atoms with van der Waals surface area (Å²) in [5.74, 6) is 0.397. The number of carbonyl (C=O) groups is 1.